The fourth-order valence-electron chi connectivity index (χ4n) is 3.32. The van der Waals surface area contributed by atoms with E-state index in [2.05, 4.69) is 0 Å². The molecule has 6 heteroatoms. The highest BCUT2D eigenvalue weighted by atomic mass is 32.2. The molecule has 0 amide bonds. The smallest absolute Gasteiger partial charge is 0.327 e. The van der Waals surface area contributed by atoms with Gasteiger partial charge in [0.2, 0.25) is 0 Å². The first kappa shape index (κ1) is 21.2. The van der Waals surface area contributed by atoms with Crippen LogP contribution in [0.1, 0.15) is 39.7 Å². The minimum Gasteiger partial charge on any atom is -0.494 e. The van der Waals surface area contributed by atoms with Crippen LogP contribution in [-0.4, -0.2) is 33.0 Å². The maximum absolute atomic E-state index is 12.1. The van der Waals surface area contributed by atoms with Gasteiger partial charge in [-0.15, -0.1) is 0 Å². The number of hydrogen-bond acceptors (Lipinski definition) is 4. The van der Waals surface area contributed by atoms with Gasteiger partial charge in [-0.3, -0.25) is 0 Å². The number of nitrogens with zero attached hydrogens (tertiary/aromatic N) is 2. The van der Waals surface area contributed by atoms with E-state index in [1.165, 1.54) is 0 Å². The highest BCUT2D eigenvalue weighted by Crippen LogP contribution is 2.37. The molecule has 1 heterocycles. The Morgan fingerprint density at radius 3 is 2.48 bits per heavy atom. The van der Waals surface area contributed by atoms with E-state index < -0.39 is 17.4 Å². The van der Waals surface area contributed by atoms with Crippen LogP contribution in [0.5, 0.6) is 5.75 Å². The number of rotatable bonds is 9. The van der Waals surface area contributed by atoms with E-state index in [-0.39, 0.29) is 0 Å². The summed E-state index contributed by atoms with van der Waals surface area (Å²) in [5, 5.41) is 10.7. The largest absolute Gasteiger partial charge is 0.494 e. The molecule has 5 nitrogen and oxygen atoms in total. The Kier molecular flexibility index (Phi) is 6.85. The van der Waals surface area contributed by atoms with Crippen molar-refractivity contribution >= 4 is 28.8 Å². The third kappa shape index (κ3) is 5.32. The number of hydrogen-bond donors (Lipinski definition) is 1. The zero-order valence-electron chi connectivity index (χ0n) is 17.2. The van der Waals surface area contributed by atoms with Crippen LogP contribution in [0.15, 0.2) is 59.8 Å². The average Bonchev–Trinajstić information content (AvgIpc) is 3.02. The van der Waals surface area contributed by atoms with Crippen molar-refractivity contribution in [3.63, 3.8) is 0 Å². The number of unbranched alkanes of at least 4 members (excludes halogenated alkanes) is 1. The standard InChI is InChI=1S/C23H28N2O3S/c1-23(2,3)20(21(26)27)25-19-14-8-7-13-18(19)24-22(25)29-16-10-9-15-28-17-11-5-4-6-12-17/h4-8,11-14,20H,9-10,15-16H2,1-3H3,(H,26,27). The molecular formula is C23H28N2O3S. The first-order valence-electron chi connectivity index (χ1n) is 9.88. The van der Waals surface area contributed by atoms with Gasteiger partial charge < -0.3 is 14.4 Å². The van der Waals surface area contributed by atoms with Gasteiger partial charge in [-0.2, -0.15) is 0 Å². The number of thioether (sulfide) groups is 1. The minimum absolute atomic E-state index is 0.436. The van der Waals surface area contributed by atoms with Gasteiger partial charge in [0.25, 0.3) is 0 Å². The van der Waals surface area contributed by atoms with Gasteiger partial charge in [0.15, 0.2) is 5.16 Å². The molecule has 1 aromatic heterocycles. The number of carboxylic acids is 1. The maximum Gasteiger partial charge on any atom is 0.327 e. The monoisotopic (exact) mass is 412 g/mol. The summed E-state index contributed by atoms with van der Waals surface area (Å²) < 4.78 is 7.63. The number of para-hydroxylation sites is 3. The lowest BCUT2D eigenvalue weighted by Gasteiger charge is -2.29. The molecule has 3 aromatic rings. The Hall–Kier alpha value is -2.47. The van der Waals surface area contributed by atoms with E-state index >= 15 is 0 Å². The van der Waals surface area contributed by atoms with Crippen LogP contribution in [0, 0.1) is 5.41 Å². The number of ether oxygens (including phenoxy) is 1. The lowest BCUT2D eigenvalue weighted by molar-refractivity contribution is -0.144. The van der Waals surface area contributed by atoms with Crippen molar-refractivity contribution in [2.45, 2.75) is 44.8 Å². The van der Waals surface area contributed by atoms with Gasteiger partial charge in [-0.25, -0.2) is 9.78 Å². The van der Waals surface area contributed by atoms with Gasteiger partial charge in [0.1, 0.15) is 11.8 Å². The molecular weight excluding hydrogens is 384 g/mol. The van der Waals surface area contributed by atoms with Crippen LogP contribution >= 0.6 is 11.8 Å². The van der Waals surface area contributed by atoms with E-state index in [9.17, 15) is 9.90 Å². The first-order chi connectivity index (χ1) is 13.9. The Morgan fingerprint density at radius 1 is 1.10 bits per heavy atom. The number of benzene rings is 2. The Morgan fingerprint density at radius 2 is 1.79 bits per heavy atom. The zero-order chi connectivity index (χ0) is 20.9. The Balaban J connectivity index is 1.68. The third-order valence-electron chi connectivity index (χ3n) is 4.66. The number of aliphatic carboxylic acids is 1. The Bertz CT molecular complexity index is 948. The van der Waals surface area contributed by atoms with Crippen LogP contribution in [0.3, 0.4) is 0 Å². The first-order valence-corrected chi connectivity index (χ1v) is 10.9. The molecule has 1 atom stereocenters. The normalized spacial score (nSPS) is 12.8. The molecule has 0 bridgehead atoms. The fourth-order valence-corrected chi connectivity index (χ4v) is 4.35. The van der Waals surface area contributed by atoms with E-state index in [1.807, 2.05) is 79.9 Å². The zero-order valence-corrected chi connectivity index (χ0v) is 18.0. The van der Waals surface area contributed by atoms with Gasteiger partial charge in [-0.1, -0.05) is 62.9 Å². The molecule has 0 saturated heterocycles. The van der Waals surface area contributed by atoms with Gasteiger partial charge >= 0.3 is 5.97 Å². The van der Waals surface area contributed by atoms with Crippen molar-refractivity contribution in [1.82, 2.24) is 9.55 Å². The van der Waals surface area contributed by atoms with Gasteiger partial charge in [0, 0.05) is 5.75 Å². The van der Waals surface area contributed by atoms with Crippen molar-refractivity contribution in [2.75, 3.05) is 12.4 Å². The van der Waals surface area contributed by atoms with E-state index in [0.29, 0.717) is 6.61 Å². The van der Waals surface area contributed by atoms with Gasteiger partial charge in [-0.05, 0) is 42.5 Å². The molecule has 3 rings (SSSR count). The molecule has 0 radical (unpaired) electrons. The molecule has 154 valence electrons. The third-order valence-corrected chi connectivity index (χ3v) is 5.70. The highest BCUT2D eigenvalue weighted by Gasteiger charge is 2.35. The number of carboxylic acid groups (broad SMARTS) is 1. The van der Waals surface area contributed by atoms with Crippen molar-refractivity contribution in [3.05, 3.63) is 54.6 Å². The topological polar surface area (TPSA) is 64.3 Å². The molecule has 0 aliphatic heterocycles. The summed E-state index contributed by atoms with van der Waals surface area (Å²) in [4.78, 5) is 16.8. The number of carbonyl (C=O) groups is 1. The molecule has 1 N–H and O–H groups in total. The molecule has 0 saturated carbocycles. The average molecular weight is 413 g/mol. The number of fused-ring (bicyclic) bond motifs is 1. The highest BCUT2D eigenvalue weighted by molar-refractivity contribution is 7.99. The second-order valence-electron chi connectivity index (χ2n) is 8.08. The Labute approximate surface area is 176 Å². The van der Waals surface area contributed by atoms with Crippen LogP contribution in [-0.2, 0) is 4.79 Å². The molecule has 0 fully saturated rings. The summed E-state index contributed by atoms with van der Waals surface area (Å²) in [6, 6.07) is 16.9. The summed E-state index contributed by atoms with van der Waals surface area (Å²) in [5.41, 5.74) is 1.26. The molecule has 0 aliphatic rings. The van der Waals surface area contributed by atoms with Crippen molar-refractivity contribution in [1.29, 1.82) is 0 Å². The summed E-state index contributed by atoms with van der Waals surface area (Å²) in [6.07, 6.45) is 1.90. The predicted octanol–water partition coefficient (Wildman–Crippen LogP) is 5.66. The van der Waals surface area contributed by atoms with Crippen LogP contribution in [0.25, 0.3) is 11.0 Å². The molecule has 1 unspecified atom stereocenters. The van der Waals surface area contributed by atoms with E-state index in [4.69, 9.17) is 9.72 Å². The fraction of sp³-hybridized carbons (Fsp3) is 0.391. The van der Waals surface area contributed by atoms with Gasteiger partial charge in [0.05, 0.1) is 17.6 Å². The molecule has 29 heavy (non-hydrogen) atoms. The molecule has 0 aliphatic carbocycles. The van der Waals surface area contributed by atoms with Crippen molar-refractivity contribution in [2.24, 2.45) is 5.41 Å². The van der Waals surface area contributed by atoms with E-state index in [0.717, 1.165) is 40.5 Å². The SMILES string of the molecule is CC(C)(C)C(C(=O)O)n1c(SCCCCOc2ccccc2)nc2ccccc21. The summed E-state index contributed by atoms with van der Waals surface area (Å²) in [5.74, 6) is 0.910. The lowest BCUT2D eigenvalue weighted by atomic mass is 9.86. The van der Waals surface area contributed by atoms with E-state index in [1.54, 1.807) is 11.8 Å². The minimum atomic E-state index is -0.834. The number of aromatic nitrogens is 2. The second kappa shape index (κ2) is 9.35. The van der Waals surface area contributed by atoms with Crippen LogP contribution < -0.4 is 4.74 Å². The molecule has 2 aromatic carbocycles. The second-order valence-corrected chi connectivity index (χ2v) is 9.14. The number of imidazole rings is 1. The van der Waals surface area contributed by atoms with Crippen molar-refractivity contribution < 1.29 is 14.6 Å². The lowest BCUT2D eigenvalue weighted by Crippen LogP contribution is -2.32. The summed E-state index contributed by atoms with van der Waals surface area (Å²) in [6.45, 7) is 6.53. The maximum atomic E-state index is 12.1. The predicted molar refractivity (Wildman–Crippen MR) is 118 cm³/mol. The summed E-state index contributed by atoms with van der Waals surface area (Å²) in [7, 11) is 0. The quantitative estimate of drug-likeness (QED) is 0.363. The van der Waals surface area contributed by atoms with Crippen LogP contribution in [0.2, 0.25) is 0 Å². The molecule has 0 spiro atoms. The summed E-state index contributed by atoms with van der Waals surface area (Å²) >= 11 is 1.61. The van der Waals surface area contributed by atoms with Crippen LogP contribution in [0.4, 0.5) is 0 Å². The van der Waals surface area contributed by atoms with Crippen molar-refractivity contribution in [3.8, 4) is 5.75 Å².